The number of ether oxygens (including phenoxy) is 1. The predicted molar refractivity (Wildman–Crippen MR) is 97.6 cm³/mol. The van der Waals surface area contributed by atoms with Crippen molar-refractivity contribution < 1.29 is 9.53 Å². The fourth-order valence-electron chi connectivity index (χ4n) is 1.84. The lowest BCUT2D eigenvalue weighted by atomic mass is 10.2. The van der Waals surface area contributed by atoms with Gasteiger partial charge in [0.1, 0.15) is 5.75 Å². The van der Waals surface area contributed by atoms with Gasteiger partial charge in [0.05, 0.1) is 12.4 Å². The minimum atomic E-state index is -0.00210. The van der Waals surface area contributed by atoms with E-state index < -0.39 is 0 Å². The highest BCUT2D eigenvalue weighted by Gasteiger charge is 2.02. The van der Waals surface area contributed by atoms with Crippen molar-refractivity contribution in [2.75, 3.05) is 18.1 Å². The van der Waals surface area contributed by atoms with Crippen LogP contribution in [-0.4, -0.2) is 24.0 Å². The standard InChI is InChI=1S/C17H17Cl2NO2S/c18-14-4-1-3-13(9-14)11-20-17(21)12-23-8-7-22-16-6-2-5-15(19)10-16/h1-6,9-10H,7-8,11-12H2,(H,20,21). The largest absolute Gasteiger partial charge is 0.493 e. The van der Waals surface area contributed by atoms with E-state index in [2.05, 4.69) is 5.32 Å². The highest BCUT2D eigenvalue weighted by atomic mass is 35.5. The van der Waals surface area contributed by atoms with Crippen LogP contribution in [0.1, 0.15) is 5.56 Å². The molecule has 6 heteroatoms. The molecule has 2 aromatic rings. The zero-order valence-electron chi connectivity index (χ0n) is 12.4. The third-order valence-electron chi connectivity index (χ3n) is 2.90. The second-order valence-corrected chi connectivity index (χ2v) is 6.74. The van der Waals surface area contributed by atoms with Crippen LogP contribution in [0.2, 0.25) is 10.0 Å². The molecule has 122 valence electrons. The minimum Gasteiger partial charge on any atom is -0.493 e. The first-order valence-electron chi connectivity index (χ1n) is 7.11. The Balaban J connectivity index is 1.58. The Morgan fingerprint density at radius 2 is 1.83 bits per heavy atom. The molecule has 1 N–H and O–H groups in total. The van der Waals surface area contributed by atoms with E-state index >= 15 is 0 Å². The summed E-state index contributed by atoms with van der Waals surface area (Å²) in [5.74, 6) is 1.87. The summed E-state index contributed by atoms with van der Waals surface area (Å²) < 4.78 is 5.56. The molecule has 1 amide bonds. The fourth-order valence-corrected chi connectivity index (χ4v) is 2.86. The van der Waals surface area contributed by atoms with Crippen LogP contribution in [0.5, 0.6) is 5.75 Å². The molecule has 0 atom stereocenters. The molecule has 3 nitrogen and oxygen atoms in total. The Labute approximate surface area is 150 Å². The maximum absolute atomic E-state index is 11.8. The van der Waals surface area contributed by atoms with Crippen molar-refractivity contribution in [3.63, 3.8) is 0 Å². The highest BCUT2D eigenvalue weighted by molar-refractivity contribution is 7.99. The molecule has 0 bridgehead atoms. The van der Waals surface area contributed by atoms with Crippen LogP contribution in [0, 0.1) is 0 Å². The zero-order chi connectivity index (χ0) is 16.5. The van der Waals surface area contributed by atoms with Crippen molar-refractivity contribution in [3.05, 3.63) is 64.1 Å². The van der Waals surface area contributed by atoms with Gasteiger partial charge in [-0.1, -0.05) is 41.4 Å². The zero-order valence-corrected chi connectivity index (χ0v) is 14.8. The van der Waals surface area contributed by atoms with Gasteiger partial charge in [0, 0.05) is 22.3 Å². The Morgan fingerprint density at radius 3 is 2.57 bits per heavy atom. The fraction of sp³-hybridized carbons (Fsp3) is 0.235. The summed E-state index contributed by atoms with van der Waals surface area (Å²) in [6.07, 6.45) is 0. The lowest BCUT2D eigenvalue weighted by Crippen LogP contribution is -2.24. The van der Waals surface area contributed by atoms with Crippen LogP contribution in [0.4, 0.5) is 0 Å². The highest BCUT2D eigenvalue weighted by Crippen LogP contribution is 2.17. The van der Waals surface area contributed by atoms with Crippen LogP contribution in [0.25, 0.3) is 0 Å². The lowest BCUT2D eigenvalue weighted by molar-refractivity contribution is -0.118. The predicted octanol–water partition coefficient (Wildman–Crippen LogP) is 4.42. The third-order valence-corrected chi connectivity index (χ3v) is 4.30. The number of carbonyl (C=O) groups excluding carboxylic acids is 1. The number of rotatable bonds is 8. The van der Waals surface area contributed by atoms with Crippen molar-refractivity contribution in [1.29, 1.82) is 0 Å². The molecular weight excluding hydrogens is 353 g/mol. The van der Waals surface area contributed by atoms with Gasteiger partial charge in [-0.15, -0.1) is 11.8 Å². The smallest absolute Gasteiger partial charge is 0.230 e. The average molecular weight is 370 g/mol. The number of nitrogens with one attached hydrogen (secondary N) is 1. The number of thioether (sulfide) groups is 1. The Bertz CT molecular complexity index is 652. The van der Waals surface area contributed by atoms with Gasteiger partial charge >= 0.3 is 0 Å². The second kappa shape index (κ2) is 9.71. The molecule has 0 aliphatic carbocycles. The van der Waals surface area contributed by atoms with E-state index in [1.54, 1.807) is 12.1 Å². The summed E-state index contributed by atoms with van der Waals surface area (Å²) >= 11 is 13.3. The third kappa shape index (κ3) is 7.16. The quantitative estimate of drug-likeness (QED) is 0.699. The van der Waals surface area contributed by atoms with Gasteiger partial charge in [-0.05, 0) is 35.9 Å². The molecule has 23 heavy (non-hydrogen) atoms. The van der Waals surface area contributed by atoms with E-state index in [4.69, 9.17) is 27.9 Å². The van der Waals surface area contributed by atoms with E-state index in [0.717, 1.165) is 17.1 Å². The van der Waals surface area contributed by atoms with E-state index in [0.29, 0.717) is 28.9 Å². The first kappa shape index (κ1) is 18.0. The van der Waals surface area contributed by atoms with Crippen molar-refractivity contribution in [3.8, 4) is 5.75 Å². The average Bonchev–Trinajstić information content (AvgIpc) is 2.53. The first-order chi connectivity index (χ1) is 11.1. The summed E-state index contributed by atoms with van der Waals surface area (Å²) in [4.78, 5) is 11.8. The van der Waals surface area contributed by atoms with Crippen molar-refractivity contribution >= 4 is 40.9 Å². The molecule has 0 saturated carbocycles. The second-order valence-electron chi connectivity index (χ2n) is 4.77. The van der Waals surface area contributed by atoms with Crippen molar-refractivity contribution in [2.24, 2.45) is 0 Å². The topological polar surface area (TPSA) is 38.3 Å². The van der Waals surface area contributed by atoms with Crippen LogP contribution in [0.15, 0.2) is 48.5 Å². The van der Waals surface area contributed by atoms with E-state index in [1.807, 2.05) is 36.4 Å². The molecular formula is C17H17Cl2NO2S. The molecule has 2 rings (SSSR count). The Hall–Kier alpha value is -1.36. The number of hydrogen-bond acceptors (Lipinski definition) is 3. The molecule has 0 heterocycles. The van der Waals surface area contributed by atoms with Gasteiger partial charge in [0.25, 0.3) is 0 Å². The number of benzene rings is 2. The van der Waals surface area contributed by atoms with Gasteiger partial charge in [0.15, 0.2) is 0 Å². The van der Waals surface area contributed by atoms with Gasteiger partial charge in [0.2, 0.25) is 5.91 Å². The summed E-state index contributed by atoms with van der Waals surface area (Å²) in [5, 5.41) is 4.18. The summed E-state index contributed by atoms with van der Waals surface area (Å²) in [6, 6.07) is 14.7. The first-order valence-corrected chi connectivity index (χ1v) is 9.02. The van der Waals surface area contributed by atoms with E-state index in [9.17, 15) is 4.79 Å². The van der Waals surface area contributed by atoms with Gasteiger partial charge in [-0.2, -0.15) is 0 Å². The molecule has 0 aromatic heterocycles. The van der Waals surface area contributed by atoms with Crippen LogP contribution in [0.3, 0.4) is 0 Å². The normalized spacial score (nSPS) is 10.3. The van der Waals surface area contributed by atoms with Crippen LogP contribution >= 0.6 is 35.0 Å². The molecule has 0 fully saturated rings. The Morgan fingerprint density at radius 1 is 1.09 bits per heavy atom. The van der Waals surface area contributed by atoms with E-state index in [-0.39, 0.29) is 5.91 Å². The number of halogens is 2. The molecule has 0 saturated heterocycles. The number of amides is 1. The summed E-state index contributed by atoms with van der Waals surface area (Å²) in [5.41, 5.74) is 0.986. The molecule has 2 aromatic carbocycles. The monoisotopic (exact) mass is 369 g/mol. The van der Waals surface area contributed by atoms with Gasteiger partial charge in [-0.25, -0.2) is 0 Å². The van der Waals surface area contributed by atoms with Crippen LogP contribution < -0.4 is 10.1 Å². The van der Waals surface area contributed by atoms with Crippen LogP contribution in [-0.2, 0) is 11.3 Å². The van der Waals surface area contributed by atoms with Crippen molar-refractivity contribution in [2.45, 2.75) is 6.54 Å². The maximum Gasteiger partial charge on any atom is 0.230 e. The Kier molecular flexibility index (Phi) is 7.59. The molecule has 0 spiro atoms. The maximum atomic E-state index is 11.8. The SMILES string of the molecule is O=C(CSCCOc1cccc(Cl)c1)NCc1cccc(Cl)c1. The van der Waals surface area contributed by atoms with E-state index in [1.165, 1.54) is 11.8 Å². The molecule has 0 unspecified atom stereocenters. The number of carbonyl (C=O) groups is 1. The summed E-state index contributed by atoms with van der Waals surface area (Å²) in [6.45, 7) is 1.02. The summed E-state index contributed by atoms with van der Waals surface area (Å²) in [7, 11) is 0. The lowest BCUT2D eigenvalue weighted by Gasteiger charge is -2.07. The molecule has 0 aliphatic rings. The van der Waals surface area contributed by atoms with Gasteiger partial charge in [-0.3, -0.25) is 4.79 Å². The minimum absolute atomic E-state index is 0.00210. The number of hydrogen-bond donors (Lipinski definition) is 1. The molecule has 0 radical (unpaired) electrons. The molecule has 0 aliphatic heterocycles. The van der Waals surface area contributed by atoms with Gasteiger partial charge < -0.3 is 10.1 Å². The van der Waals surface area contributed by atoms with Crippen molar-refractivity contribution in [1.82, 2.24) is 5.32 Å².